The Morgan fingerprint density at radius 1 is 1.16 bits per heavy atom. The zero-order chi connectivity index (χ0) is 14.0. The standard InChI is InChI=1S/C15H28N2O2/c1-15(2,3)19-14(18)17-9-7-12(11-5-4-6-11)13(16)8-10-17/h11-13H,4-10,16H2,1-3H3. The van der Waals surface area contributed by atoms with Crippen LogP contribution in [0.1, 0.15) is 52.9 Å². The van der Waals surface area contributed by atoms with E-state index in [2.05, 4.69) is 0 Å². The van der Waals surface area contributed by atoms with Gasteiger partial charge in [0.1, 0.15) is 5.60 Å². The van der Waals surface area contributed by atoms with Crippen molar-refractivity contribution in [3.05, 3.63) is 0 Å². The van der Waals surface area contributed by atoms with Crippen LogP contribution >= 0.6 is 0 Å². The van der Waals surface area contributed by atoms with Crippen LogP contribution in [0.4, 0.5) is 4.79 Å². The fourth-order valence-corrected chi connectivity index (χ4v) is 3.11. The maximum Gasteiger partial charge on any atom is 0.410 e. The smallest absolute Gasteiger partial charge is 0.410 e. The molecule has 1 saturated heterocycles. The number of rotatable bonds is 1. The number of hydrogen-bond acceptors (Lipinski definition) is 3. The van der Waals surface area contributed by atoms with Gasteiger partial charge in [-0.25, -0.2) is 4.79 Å². The molecule has 110 valence electrons. The van der Waals surface area contributed by atoms with Gasteiger partial charge in [-0.2, -0.15) is 0 Å². The first kappa shape index (κ1) is 14.6. The molecule has 1 aliphatic carbocycles. The van der Waals surface area contributed by atoms with Crippen LogP contribution in [0, 0.1) is 11.8 Å². The number of ether oxygens (including phenoxy) is 1. The highest BCUT2D eigenvalue weighted by atomic mass is 16.6. The number of nitrogens with zero attached hydrogens (tertiary/aromatic N) is 1. The monoisotopic (exact) mass is 268 g/mol. The Morgan fingerprint density at radius 3 is 2.32 bits per heavy atom. The van der Waals surface area contributed by atoms with E-state index in [0.29, 0.717) is 5.92 Å². The molecule has 0 radical (unpaired) electrons. The van der Waals surface area contributed by atoms with Crippen molar-refractivity contribution in [1.82, 2.24) is 4.90 Å². The van der Waals surface area contributed by atoms with Crippen molar-refractivity contribution in [2.24, 2.45) is 17.6 Å². The Hall–Kier alpha value is -0.770. The van der Waals surface area contributed by atoms with Crippen molar-refractivity contribution >= 4 is 6.09 Å². The number of nitrogens with two attached hydrogens (primary N) is 1. The zero-order valence-corrected chi connectivity index (χ0v) is 12.5. The Balaban J connectivity index is 1.90. The lowest BCUT2D eigenvalue weighted by molar-refractivity contribution is 0.0252. The highest BCUT2D eigenvalue weighted by Crippen LogP contribution is 2.38. The molecule has 2 atom stereocenters. The Labute approximate surface area is 116 Å². The van der Waals surface area contributed by atoms with Gasteiger partial charge in [0.15, 0.2) is 0 Å². The third kappa shape index (κ3) is 3.85. The van der Waals surface area contributed by atoms with E-state index >= 15 is 0 Å². The molecule has 0 spiro atoms. The van der Waals surface area contributed by atoms with Crippen LogP contribution in [0.3, 0.4) is 0 Å². The molecular weight excluding hydrogens is 240 g/mol. The molecule has 2 N–H and O–H groups in total. The lowest BCUT2D eigenvalue weighted by atomic mass is 9.71. The summed E-state index contributed by atoms with van der Waals surface area (Å²) < 4.78 is 5.45. The topological polar surface area (TPSA) is 55.6 Å². The highest BCUT2D eigenvalue weighted by molar-refractivity contribution is 5.68. The lowest BCUT2D eigenvalue weighted by Gasteiger charge is -2.36. The maximum absolute atomic E-state index is 12.1. The minimum atomic E-state index is -0.418. The molecule has 4 heteroatoms. The van der Waals surface area contributed by atoms with Gasteiger partial charge >= 0.3 is 6.09 Å². The zero-order valence-electron chi connectivity index (χ0n) is 12.5. The first-order chi connectivity index (χ1) is 8.87. The molecule has 0 aromatic carbocycles. The van der Waals surface area contributed by atoms with Gasteiger partial charge < -0.3 is 15.4 Å². The van der Waals surface area contributed by atoms with Gasteiger partial charge in [-0.15, -0.1) is 0 Å². The third-order valence-electron chi connectivity index (χ3n) is 4.42. The highest BCUT2D eigenvalue weighted by Gasteiger charge is 2.35. The second kappa shape index (κ2) is 5.70. The molecule has 19 heavy (non-hydrogen) atoms. The molecule has 2 aliphatic rings. The molecule has 1 saturated carbocycles. The van der Waals surface area contributed by atoms with Gasteiger partial charge in [0.25, 0.3) is 0 Å². The second-order valence-corrected chi connectivity index (χ2v) is 7.06. The second-order valence-electron chi connectivity index (χ2n) is 7.06. The molecule has 1 aliphatic heterocycles. The van der Waals surface area contributed by atoms with Crippen LogP contribution in [0.15, 0.2) is 0 Å². The number of carbonyl (C=O) groups excluding carboxylic acids is 1. The van der Waals surface area contributed by atoms with E-state index < -0.39 is 5.60 Å². The van der Waals surface area contributed by atoms with Gasteiger partial charge in [0, 0.05) is 19.1 Å². The van der Waals surface area contributed by atoms with Crippen LogP contribution in [0.2, 0.25) is 0 Å². The predicted octanol–water partition coefficient (Wildman–Crippen LogP) is 2.76. The van der Waals surface area contributed by atoms with Crippen molar-refractivity contribution in [1.29, 1.82) is 0 Å². The van der Waals surface area contributed by atoms with Gasteiger partial charge in [0.2, 0.25) is 0 Å². The first-order valence-corrected chi connectivity index (χ1v) is 7.60. The predicted molar refractivity (Wildman–Crippen MR) is 75.8 cm³/mol. The summed E-state index contributed by atoms with van der Waals surface area (Å²) >= 11 is 0. The average Bonchev–Trinajstić information content (AvgIpc) is 2.37. The van der Waals surface area contributed by atoms with Crippen LogP contribution in [-0.2, 0) is 4.74 Å². The van der Waals surface area contributed by atoms with Gasteiger partial charge in [-0.1, -0.05) is 19.3 Å². The summed E-state index contributed by atoms with van der Waals surface area (Å²) in [6, 6.07) is 0.248. The van der Waals surface area contributed by atoms with Crippen molar-refractivity contribution in [2.45, 2.75) is 64.5 Å². The van der Waals surface area contributed by atoms with E-state index in [1.54, 1.807) is 0 Å². The van der Waals surface area contributed by atoms with E-state index in [0.717, 1.165) is 31.8 Å². The van der Waals surface area contributed by atoms with E-state index in [1.165, 1.54) is 19.3 Å². The van der Waals surface area contributed by atoms with Crippen LogP contribution in [0.5, 0.6) is 0 Å². The number of carbonyl (C=O) groups is 1. The van der Waals surface area contributed by atoms with Gasteiger partial charge in [-0.05, 0) is 45.4 Å². The first-order valence-electron chi connectivity index (χ1n) is 7.60. The molecule has 0 aromatic heterocycles. The van der Waals surface area contributed by atoms with Gasteiger partial charge in [0.05, 0.1) is 0 Å². The molecule has 0 aromatic rings. The van der Waals surface area contributed by atoms with Gasteiger partial charge in [-0.3, -0.25) is 0 Å². The summed E-state index contributed by atoms with van der Waals surface area (Å²) in [5, 5.41) is 0. The molecule has 1 heterocycles. The fourth-order valence-electron chi connectivity index (χ4n) is 3.11. The molecule has 0 bridgehead atoms. The minimum absolute atomic E-state index is 0.186. The van der Waals surface area contributed by atoms with E-state index in [9.17, 15) is 4.79 Å². The quantitative estimate of drug-likeness (QED) is 0.795. The minimum Gasteiger partial charge on any atom is -0.444 e. The molecule has 2 fully saturated rings. The van der Waals surface area contributed by atoms with E-state index in [-0.39, 0.29) is 12.1 Å². The molecule has 4 nitrogen and oxygen atoms in total. The van der Waals surface area contributed by atoms with Crippen LogP contribution < -0.4 is 5.73 Å². The van der Waals surface area contributed by atoms with Crippen LogP contribution in [0.25, 0.3) is 0 Å². The maximum atomic E-state index is 12.1. The van der Waals surface area contributed by atoms with Crippen molar-refractivity contribution in [3.8, 4) is 0 Å². The lowest BCUT2D eigenvalue weighted by Crippen LogP contribution is -2.38. The Bertz CT molecular complexity index is 321. The third-order valence-corrected chi connectivity index (χ3v) is 4.42. The molecule has 2 rings (SSSR count). The number of likely N-dealkylation sites (tertiary alicyclic amines) is 1. The Kier molecular flexibility index (Phi) is 4.39. The van der Waals surface area contributed by atoms with Crippen LogP contribution in [-0.4, -0.2) is 35.7 Å². The fraction of sp³-hybridized carbons (Fsp3) is 0.933. The van der Waals surface area contributed by atoms with E-state index in [1.807, 2.05) is 25.7 Å². The summed E-state index contributed by atoms with van der Waals surface area (Å²) in [5.41, 5.74) is 5.88. The van der Waals surface area contributed by atoms with Crippen molar-refractivity contribution in [3.63, 3.8) is 0 Å². The SMILES string of the molecule is CC(C)(C)OC(=O)N1CCC(N)C(C2CCC2)CC1. The Morgan fingerprint density at radius 2 is 1.79 bits per heavy atom. The summed E-state index contributed by atoms with van der Waals surface area (Å²) in [6.07, 6.45) is 5.75. The largest absolute Gasteiger partial charge is 0.444 e. The average molecular weight is 268 g/mol. The molecule has 2 unspecified atom stereocenters. The van der Waals surface area contributed by atoms with E-state index in [4.69, 9.17) is 10.5 Å². The van der Waals surface area contributed by atoms with Crippen molar-refractivity contribution in [2.75, 3.05) is 13.1 Å². The summed E-state index contributed by atoms with van der Waals surface area (Å²) in [5.74, 6) is 1.40. The molecular formula is C15H28N2O2. The normalized spacial score (nSPS) is 29.6. The summed E-state index contributed by atoms with van der Waals surface area (Å²) in [4.78, 5) is 13.9. The van der Waals surface area contributed by atoms with Crippen molar-refractivity contribution < 1.29 is 9.53 Å². The number of hydrogen-bond donors (Lipinski definition) is 1. The molecule has 1 amide bonds. The summed E-state index contributed by atoms with van der Waals surface area (Å²) in [6.45, 7) is 7.26. The summed E-state index contributed by atoms with van der Waals surface area (Å²) in [7, 11) is 0. The number of amides is 1.